The fourth-order valence-electron chi connectivity index (χ4n) is 19.1. The van der Waals surface area contributed by atoms with Crippen LogP contribution in [0.5, 0.6) is 0 Å². The third-order valence-electron chi connectivity index (χ3n) is 26.7. The summed E-state index contributed by atoms with van der Waals surface area (Å²) in [6.07, 6.45) is 104. The molecule has 0 aliphatic carbocycles. The number of hydrogen-bond donors (Lipinski definition) is 4. The number of anilines is 4. The molecule has 124 heavy (non-hydrogen) atoms. The topological polar surface area (TPSA) is 97.6 Å². The summed E-state index contributed by atoms with van der Waals surface area (Å²) in [5.41, 5.74) is 20.3. The zero-order chi connectivity index (χ0) is 86.3. The zero-order valence-corrected chi connectivity index (χ0v) is 79.7. The summed E-state index contributed by atoms with van der Waals surface area (Å²) < 4.78 is 0. The molecular formula is C116H176N8. The Labute approximate surface area is 759 Å². The van der Waals surface area contributed by atoms with Crippen molar-refractivity contribution in [1.82, 2.24) is 0 Å². The normalized spacial score (nSPS) is 14.2. The van der Waals surface area contributed by atoms with Gasteiger partial charge in [-0.2, -0.15) is 0 Å². The first-order valence-electron chi connectivity index (χ1n) is 53.0. The minimum atomic E-state index is 0.864. The van der Waals surface area contributed by atoms with E-state index in [2.05, 4.69) is 195 Å². The van der Waals surface area contributed by atoms with Gasteiger partial charge in [-0.25, -0.2) is 20.0 Å². The molecule has 8 heteroatoms. The number of nitrogens with zero attached hydrogens (tertiary/aromatic N) is 4. The van der Waals surface area contributed by atoms with Crippen LogP contribution < -0.4 is 21.3 Å². The molecule has 0 saturated heterocycles. The lowest BCUT2D eigenvalue weighted by Gasteiger charge is -2.22. The smallest absolute Gasteiger partial charge is 0.0824 e. The van der Waals surface area contributed by atoms with Gasteiger partial charge >= 0.3 is 0 Å². The van der Waals surface area contributed by atoms with Crippen LogP contribution in [0.15, 0.2) is 188 Å². The van der Waals surface area contributed by atoms with Crippen LogP contribution in [0.25, 0.3) is 22.3 Å². The molecular weight excluding hydrogens is 1510 g/mol. The molecule has 0 fully saturated rings. The van der Waals surface area contributed by atoms with E-state index in [0.29, 0.717) is 0 Å². The predicted octanol–water partition coefficient (Wildman–Crippen LogP) is 36.4. The van der Waals surface area contributed by atoms with Gasteiger partial charge in [0.2, 0.25) is 0 Å². The van der Waals surface area contributed by atoms with Crippen LogP contribution in [0.3, 0.4) is 0 Å². The molecule has 4 N–H and O–H groups in total. The Morgan fingerprint density at radius 3 is 0.750 bits per heavy atom. The van der Waals surface area contributed by atoms with Crippen molar-refractivity contribution in [1.29, 1.82) is 0 Å². The Hall–Kier alpha value is -7.32. The highest BCUT2D eigenvalue weighted by Gasteiger charge is 2.36. The van der Waals surface area contributed by atoms with E-state index < -0.39 is 0 Å². The van der Waals surface area contributed by atoms with Crippen molar-refractivity contribution < 1.29 is 0 Å². The van der Waals surface area contributed by atoms with Gasteiger partial charge in [0.15, 0.2) is 0 Å². The fraction of sp³-hybridized carbons (Fsp3) is 0.621. The van der Waals surface area contributed by atoms with Gasteiger partial charge in [-0.15, -0.1) is 0 Å². The Balaban J connectivity index is 1.03. The summed E-state index contributed by atoms with van der Waals surface area (Å²) in [5, 5.41) is 16.5. The van der Waals surface area contributed by atoms with Crippen molar-refractivity contribution in [2.24, 2.45) is 20.0 Å². The lowest BCUT2D eigenvalue weighted by Crippen LogP contribution is -2.12. The number of para-hydroxylation sites is 4. The van der Waals surface area contributed by atoms with Crippen molar-refractivity contribution in [2.45, 2.75) is 439 Å². The number of rotatable bonds is 76. The molecule has 0 aromatic heterocycles. The fourth-order valence-corrected chi connectivity index (χ4v) is 19.1. The minimum absolute atomic E-state index is 0.864. The lowest BCUT2D eigenvalue weighted by atomic mass is 9.84. The molecule has 5 heterocycles. The molecule has 0 amide bonds. The summed E-state index contributed by atoms with van der Waals surface area (Å²) in [6, 6.07) is 36.6. The third kappa shape index (κ3) is 39.1. The zero-order valence-electron chi connectivity index (χ0n) is 79.7. The average Bonchev–Trinajstić information content (AvgIpc) is 1.56. The van der Waals surface area contributed by atoms with Crippen LogP contribution in [0.1, 0.15) is 461 Å². The van der Waals surface area contributed by atoms with Gasteiger partial charge in [0.1, 0.15) is 0 Å². The number of hydrogen-bond acceptors (Lipinski definition) is 8. The van der Waals surface area contributed by atoms with Crippen LogP contribution in [0, 0.1) is 0 Å². The second kappa shape index (κ2) is 65.3. The summed E-state index contributed by atoms with van der Waals surface area (Å²) in [5.74, 6) is 0. The number of benzene rings is 4. The van der Waals surface area contributed by atoms with Gasteiger partial charge in [-0.05, 0) is 98.6 Å². The van der Waals surface area contributed by atoms with Gasteiger partial charge in [0, 0.05) is 93.5 Å². The average molecular weight is 1680 g/mol. The van der Waals surface area contributed by atoms with E-state index >= 15 is 0 Å². The van der Waals surface area contributed by atoms with E-state index in [4.69, 9.17) is 20.0 Å². The second-order valence-corrected chi connectivity index (χ2v) is 37.5. The molecule has 680 valence electrons. The Morgan fingerprint density at radius 1 is 0.202 bits per heavy atom. The van der Waals surface area contributed by atoms with Crippen molar-refractivity contribution >= 4 is 67.9 Å². The van der Waals surface area contributed by atoms with Crippen molar-refractivity contribution in [2.75, 3.05) is 47.4 Å². The lowest BCUT2D eigenvalue weighted by molar-refractivity contribution is 0.530. The molecule has 4 aromatic rings. The van der Waals surface area contributed by atoms with Crippen LogP contribution in [0.2, 0.25) is 0 Å². The number of aliphatic imine (C=N–C) groups is 4. The van der Waals surface area contributed by atoms with Crippen LogP contribution >= 0.6 is 0 Å². The molecule has 9 rings (SSSR count). The van der Waals surface area contributed by atoms with Crippen molar-refractivity contribution in [3.8, 4) is 0 Å². The highest BCUT2D eigenvalue weighted by atomic mass is 14.9. The maximum absolute atomic E-state index is 6.28. The highest BCUT2D eigenvalue weighted by molar-refractivity contribution is 6.51. The first kappa shape index (κ1) is 100. The Morgan fingerprint density at radius 2 is 0.444 bits per heavy atom. The molecule has 8 bridgehead atoms. The van der Waals surface area contributed by atoms with Crippen LogP contribution in [0.4, 0.5) is 22.7 Å². The standard InChI is InChI=1S/C116H176N8/c1-5-9-13-17-21-25-29-33-37-41-45-49-53-57-61-73-89-117-107-81-69-65-77-102(107)106-95-101-94-99-86-85-97(121-99)93-98-87-88-100(122-98)96-111-112(103-78-66-70-82-108(103)118-90-74-62-58-54-50-46-42-38-34-30-26-22-18-14-10-6-2)113(104-79-67-71-83-109(104)119-91-75-63-59-55-51-47-43-39-35-31-27-23-19-15-11-7-3)116(124-111)114(115(106)123-101)105-80-68-72-84-110(105)120-92-76-64-60-56-52-48-44-40-36-32-28-24-20-16-12-8-4/h65-72,77-88,93-96,117-120H,5-64,73-76,89-92H2,1-4H3. The quantitative estimate of drug-likeness (QED) is 0.0331. The summed E-state index contributed by atoms with van der Waals surface area (Å²) in [6.45, 7) is 12.8. The maximum Gasteiger partial charge on any atom is 0.0824 e. The highest BCUT2D eigenvalue weighted by Crippen LogP contribution is 2.50. The van der Waals surface area contributed by atoms with Gasteiger partial charge in [-0.1, -0.05) is 486 Å². The Bertz CT molecular complexity index is 3980. The van der Waals surface area contributed by atoms with Gasteiger partial charge in [-0.3, -0.25) is 0 Å². The number of unbranched alkanes of at least 4 members (excludes halogenated alkanes) is 60. The second-order valence-electron chi connectivity index (χ2n) is 37.5. The minimum Gasteiger partial charge on any atom is -0.385 e. The van der Waals surface area contributed by atoms with E-state index in [1.165, 1.54) is 385 Å². The molecule has 0 atom stereocenters. The van der Waals surface area contributed by atoms with E-state index in [9.17, 15) is 0 Å². The summed E-state index contributed by atoms with van der Waals surface area (Å²) in [7, 11) is 0. The first-order chi connectivity index (χ1) is 61.6. The molecule has 5 aliphatic heterocycles. The summed E-state index contributed by atoms with van der Waals surface area (Å²) in [4.78, 5) is 22.9. The largest absolute Gasteiger partial charge is 0.385 e. The van der Waals surface area contributed by atoms with Crippen LogP contribution in [-0.2, 0) is 0 Å². The van der Waals surface area contributed by atoms with Crippen molar-refractivity contribution in [3.63, 3.8) is 0 Å². The number of nitrogens with one attached hydrogen (secondary N) is 4. The molecule has 4 aromatic carbocycles. The first-order valence-corrected chi connectivity index (χ1v) is 53.0. The van der Waals surface area contributed by atoms with Gasteiger partial charge < -0.3 is 21.3 Å². The van der Waals surface area contributed by atoms with E-state index in [0.717, 1.165) is 165 Å². The van der Waals surface area contributed by atoms with Gasteiger partial charge in [0.25, 0.3) is 0 Å². The predicted molar refractivity (Wildman–Crippen MR) is 552 cm³/mol. The SMILES string of the molecule is CCCCCCCCCCCCCCCCCCNc1ccccc1C1=CC2=CC3=NC(=CC4=NC(=CC5=NC(=C(c6ccccc6NCCCCCCCCCCCCCCCCCC)C1=N2)C(c1ccccc1NCCCCCCCCCCCCCCCCCC)=C5c1ccccc1NCCCCCCCCCCCCCCCCCC)C=C4)C=C3. The van der Waals surface area contributed by atoms with Crippen molar-refractivity contribution in [3.05, 3.63) is 191 Å². The monoisotopic (exact) mass is 1680 g/mol. The molecule has 0 unspecified atom stereocenters. The molecule has 0 saturated carbocycles. The molecule has 8 nitrogen and oxygen atoms in total. The Kier molecular flexibility index (Phi) is 52.9. The number of allylic oxidation sites excluding steroid dienone is 12. The molecule has 0 radical (unpaired) electrons. The summed E-state index contributed by atoms with van der Waals surface area (Å²) >= 11 is 0. The van der Waals surface area contributed by atoms with E-state index in [-0.39, 0.29) is 0 Å². The third-order valence-corrected chi connectivity index (χ3v) is 26.7. The number of fused-ring (bicyclic) bond motifs is 4. The maximum atomic E-state index is 6.28. The van der Waals surface area contributed by atoms with Gasteiger partial charge in [0.05, 0.1) is 45.6 Å². The van der Waals surface area contributed by atoms with E-state index in [1.807, 2.05) is 0 Å². The van der Waals surface area contributed by atoms with E-state index in [1.54, 1.807) is 0 Å². The molecule has 5 aliphatic rings. The van der Waals surface area contributed by atoms with Crippen LogP contribution in [-0.4, -0.2) is 49.0 Å². The molecule has 0 spiro atoms.